The highest BCUT2D eigenvalue weighted by atomic mass is 16.2. The maximum atomic E-state index is 12.4. The molecular formula is C14H20N2O. The van der Waals surface area contributed by atoms with Crippen molar-refractivity contribution in [2.24, 2.45) is 11.7 Å². The van der Waals surface area contributed by atoms with E-state index in [4.69, 9.17) is 5.73 Å². The molecule has 2 N–H and O–H groups in total. The summed E-state index contributed by atoms with van der Waals surface area (Å²) in [5, 5.41) is 0. The van der Waals surface area contributed by atoms with Gasteiger partial charge in [-0.1, -0.05) is 30.3 Å². The second-order valence-corrected chi connectivity index (χ2v) is 5.30. The van der Waals surface area contributed by atoms with Crippen LogP contribution < -0.4 is 5.73 Å². The molecule has 3 nitrogen and oxygen atoms in total. The molecule has 3 heteroatoms. The first kappa shape index (κ1) is 12.1. The van der Waals surface area contributed by atoms with Crippen LogP contribution in [0.4, 0.5) is 0 Å². The molecule has 92 valence electrons. The molecule has 0 atom stereocenters. The van der Waals surface area contributed by atoms with E-state index in [1.165, 1.54) is 0 Å². The Morgan fingerprint density at radius 3 is 2.47 bits per heavy atom. The van der Waals surface area contributed by atoms with Crippen LogP contribution in [0.2, 0.25) is 0 Å². The minimum atomic E-state index is -0.444. The fraction of sp³-hybridized carbons (Fsp3) is 0.500. The summed E-state index contributed by atoms with van der Waals surface area (Å²) in [6.07, 6.45) is 0. The molecule has 0 aliphatic carbocycles. The average molecular weight is 232 g/mol. The zero-order valence-corrected chi connectivity index (χ0v) is 10.5. The van der Waals surface area contributed by atoms with Crippen molar-refractivity contribution in [1.82, 2.24) is 4.90 Å². The fourth-order valence-electron chi connectivity index (χ4n) is 2.26. The van der Waals surface area contributed by atoms with E-state index in [1.807, 2.05) is 49.1 Å². The van der Waals surface area contributed by atoms with Gasteiger partial charge in [-0.05, 0) is 26.0 Å². The van der Waals surface area contributed by atoms with Crippen molar-refractivity contribution in [3.05, 3.63) is 35.9 Å². The molecule has 2 rings (SSSR count). The van der Waals surface area contributed by atoms with E-state index < -0.39 is 5.41 Å². The predicted octanol–water partition coefficient (Wildman–Crippen LogP) is 1.38. The Bertz CT molecular complexity index is 394. The molecular weight excluding hydrogens is 212 g/mol. The number of likely N-dealkylation sites (tertiary alicyclic amines) is 1. The van der Waals surface area contributed by atoms with Crippen LogP contribution in [0, 0.1) is 5.92 Å². The molecule has 0 saturated carbocycles. The molecule has 1 heterocycles. The van der Waals surface area contributed by atoms with Gasteiger partial charge in [0.15, 0.2) is 0 Å². The van der Waals surface area contributed by atoms with E-state index in [0.29, 0.717) is 12.5 Å². The lowest BCUT2D eigenvalue weighted by atomic mass is 9.81. The Balaban J connectivity index is 2.09. The highest BCUT2D eigenvalue weighted by molar-refractivity contribution is 5.88. The average Bonchev–Trinajstić information content (AvgIpc) is 2.28. The van der Waals surface area contributed by atoms with E-state index in [0.717, 1.165) is 18.7 Å². The van der Waals surface area contributed by atoms with Crippen molar-refractivity contribution in [2.75, 3.05) is 19.6 Å². The zero-order chi connectivity index (χ0) is 12.5. The van der Waals surface area contributed by atoms with Crippen molar-refractivity contribution < 1.29 is 4.79 Å². The summed E-state index contributed by atoms with van der Waals surface area (Å²) in [5.74, 6) is 0.693. The highest BCUT2D eigenvalue weighted by Gasteiger charge is 2.38. The molecule has 1 aromatic carbocycles. The van der Waals surface area contributed by atoms with E-state index in [9.17, 15) is 4.79 Å². The van der Waals surface area contributed by atoms with Gasteiger partial charge >= 0.3 is 0 Å². The number of nitrogens with two attached hydrogens (primary N) is 1. The summed E-state index contributed by atoms with van der Waals surface area (Å²) in [6.45, 7) is 6.27. The summed E-state index contributed by atoms with van der Waals surface area (Å²) in [4.78, 5) is 14.3. The third-order valence-corrected chi connectivity index (χ3v) is 3.61. The van der Waals surface area contributed by atoms with E-state index in [-0.39, 0.29) is 5.91 Å². The Hall–Kier alpha value is -1.35. The SMILES string of the molecule is CC(C)(C(=O)N1CC(CN)C1)c1ccccc1. The minimum absolute atomic E-state index is 0.202. The number of benzene rings is 1. The lowest BCUT2D eigenvalue weighted by molar-refractivity contribution is -0.142. The zero-order valence-electron chi connectivity index (χ0n) is 10.5. The van der Waals surface area contributed by atoms with Crippen LogP contribution >= 0.6 is 0 Å². The summed E-state index contributed by atoms with van der Waals surface area (Å²) < 4.78 is 0. The molecule has 0 bridgehead atoms. The number of carbonyl (C=O) groups excluding carboxylic acids is 1. The van der Waals surface area contributed by atoms with Crippen molar-refractivity contribution in [2.45, 2.75) is 19.3 Å². The second-order valence-electron chi connectivity index (χ2n) is 5.30. The number of nitrogens with zero attached hydrogens (tertiary/aromatic N) is 1. The molecule has 1 amide bonds. The predicted molar refractivity (Wildman–Crippen MR) is 68.6 cm³/mol. The molecule has 0 aromatic heterocycles. The number of hydrogen-bond acceptors (Lipinski definition) is 2. The van der Waals surface area contributed by atoms with Gasteiger partial charge in [-0.15, -0.1) is 0 Å². The van der Waals surface area contributed by atoms with Gasteiger partial charge in [0.2, 0.25) is 5.91 Å². The summed E-state index contributed by atoms with van der Waals surface area (Å²) in [7, 11) is 0. The Labute approximate surface area is 103 Å². The maximum Gasteiger partial charge on any atom is 0.232 e. The van der Waals surface area contributed by atoms with Crippen LogP contribution in [-0.4, -0.2) is 30.4 Å². The molecule has 17 heavy (non-hydrogen) atoms. The van der Waals surface area contributed by atoms with Crippen LogP contribution in [0.15, 0.2) is 30.3 Å². The monoisotopic (exact) mass is 232 g/mol. The molecule has 1 aliphatic heterocycles. The molecule has 0 spiro atoms. The lowest BCUT2D eigenvalue weighted by Crippen LogP contribution is -2.57. The van der Waals surface area contributed by atoms with Gasteiger partial charge in [-0.2, -0.15) is 0 Å². The van der Waals surface area contributed by atoms with Crippen LogP contribution in [0.3, 0.4) is 0 Å². The van der Waals surface area contributed by atoms with Crippen molar-refractivity contribution >= 4 is 5.91 Å². The Morgan fingerprint density at radius 1 is 1.35 bits per heavy atom. The third-order valence-electron chi connectivity index (χ3n) is 3.61. The van der Waals surface area contributed by atoms with Gasteiger partial charge in [0, 0.05) is 19.0 Å². The van der Waals surface area contributed by atoms with Gasteiger partial charge < -0.3 is 10.6 Å². The van der Waals surface area contributed by atoms with Gasteiger partial charge in [0.1, 0.15) is 0 Å². The third kappa shape index (κ3) is 2.20. The van der Waals surface area contributed by atoms with E-state index in [2.05, 4.69) is 0 Å². The smallest absolute Gasteiger partial charge is 0.232 e. The molecule has 1 fully saturated rings. The molecule has 1 aromatic rings. The van der Waals surface area contributed by atoms with E-state index >= 15 is 0 Å². The summed E-state index contributed by atoms with van der Waals surface area (Å²) in [5.41, 5.74) is 6.21. The van der Waals surface area contributed by atoms with E-state index in [1.54, 1.807) is 0 Å². The molecule has 1 aliphatic rings. The van der Waals surface area contributed by atoms with Gasteiger partial charge in [0.05, 0.1) is 5.41 Å². The number of amides is 1. The van der Waals surface area contributed by atoms with Crippen LogP contribution in [0.25, 0.3) is 0 Å². The number of hydrogen-bond donors (Lipinski definition) is 1. The van der Waals surface area contributed by atoms with Gasteiger partial charge in [-0.3, -0.25) is 4.79 Å². The summed E-state index contributed by atoms with van der Waals surface area (Å²) in [6, 6.07) is 9.95. The standard InChI is InChI=1S/C14H20N2O/c1-14(2,12-6-4-3-5-7-12)13(17)16-9-11(8-15)10-16/h3-7,11H,8-10,15H2,1-2H3. The van der Waals surface area contributed by atoms with Crippen LogP contribution in [0.1, 0.15) is 19.4 Å². The maximum absolute atomic E-state index is 12.4. The van der Waals surface area contributed by atoms with Crippen molar-refractivity contribution in [1.29, 1.82) is 0 Å². The van der Waals surface area contributed by atoms with Gasteiger partial charge in [-0.25, -0.2) is 0 Å². The largest absolute Gasteiger partial charge is 0.341 e. The van der Waals surface area contributed by atoms with Crippen molar-refractivity contribution in [3.8, 4) is 0 Å². The Kier molecular flexibility index (Phi) is 3.20. The van der Waals surface area contributed by atoms with Gasteiger partial charge in [0.25, 0.3) is 0 Å². The minimum Gasteiger partial charge on any atom is -0.341 e. The molecule has 0 radical (unpaired) electrons. The fourth-order valence-corrected chi connectivity index (χ4v) is 2.26. The van der Waals surface area contributed by atoms with Crippen molar-refractivity contribution in [3.63, 3.8) is 0 Å². The van der Waals surface area contributed by atoms with Crippen LogP contribution in [-0.2, 0) is 10.2 Å². The first-order valence-electron chi connectivity index (χ1n) is 6.10. The number of rotatable bonds is 3. The Morgan fingerprint density at radius 2 is 1.94 bits per heavy atom. The lowest BCUT2D eigenvalue weighted by Gasteiger charge is -2.43. The second kappa shape index (κ2) is 4.49. The number of carbonyl (C=O) groups is 1. The quantitative estimate of drug-likeness (QED) is 0.856. The normalized spacial score (nSPS) is 16.8. The first-order valence-corrected chi connectivity index (χ1v) is 6.10. The topological polar surface area (TPSA) is 46.3 Å². The highest BCUT2D eigenvalue weighted by Crippen LogP contribution is 2.28. The first-order chi connectivity index (χ1) is 8.05. The summed E-state index contributed by atoms with van der Waals surface area (Å²) >= 11 is 0. The van der Waals surface area contributed by atoms with Crippen LogP contribution in [0.5, 0.6) is 0 Å². The molecule has 0 unspecified atom stereocenters. The molecule has 1 saturated heterocycles.